The molecule has 3 nitrogen and oxygen atoms in total. The Morgan fingerprint density at radius 2 is 2.60 bits per heavy atom. The quantitative estimate of drug-likeness (QED) is 0.554. The van der Waals surface area contributed by atoms with Crippen LogP contribution >= 0.6 is 0 Å². The van der Waals surface area contributed by atoms with Crippen LogP contribution in [-0.2, 0) is 4.74 Å². The van der Waals surface area contributed by atoms with Gasteiger partial charge in [0.15, 0.2) is 0 Å². The van der Waals surface area contributed by atoms with Crippen molar-refractivity contribution in [3.05, 3.63) is 12.2 Å². The number of nitrogens with one attached hydrogen (secondary N) is 1. The molecule has 1 rings (SSSR count). The highest BCUT2D eigenvalue weighted by Gasteiger charge is 2.12. The summed E-state index contributed by atoms with van der Waals surface area (Å²) in [5.41, 5.74) is 0. The average molecular weight is 141 g/mol. The molecule has 1 atom stereocenters. The topological polar surface area (TPSA) is 38.3 Å². The molecule has 0 aromatic rings. The summed E-state index contributed by atoms with van der Waals surface area (Å²) in [6, 6.07) is 0. The molecular weight excluding hydrogens is 130 g/mol. The lowest BCUT2D eigenvalue weighted by Gasteiger charge is -2.08. The van der Waals surface area contributed by atoms with E-state index in [4.69, 9.17) is 4.74 Å². The van der Waals surface area contributed by atoms with Crippen molar-refractivity contribution in [1.82, 2.24) is 5.32 Å². The average Bonchev–Trinajstić information content (AvgIpc) is 2.40. The first-order chi connectivity index (χ1) is 4.83. The zero-order valence-corrected chi connectivity index (χ0v) is 5.96. The van der Waals surface area contributed by atoms with E-state index in [1.807, 2.05) is 12.2 Å². The van der Waals surface area contributed by atoms with E-state index in [2.05, 4.69) is 5.32 Å². The van der Waals surface area contributed by atoms with Gasteiger partial charge < -0.3 is 10.1 Å². The molecule has 0 fully saturated rings. The summed E-state index contributed by atoms with van der Waals surface area (Å²) < 4.78 is 4.92. The largest absolute Gasteiger partial charge is 0.442 e. The predicted octanol–water partition coefficient (Wildman–Crippen LogP) is 1.06. The van der Waals surface area contributed by atoms with E-state index >= 15 is 0 Å². The fourth-order valence-electron chi connectivity index (χ4n) is 0.899. The number of carbonyl (C=O) groups is 1. The van der Waals surface area contributed by atoms with Crippen molar-refractivity contribution >= 4 is 6.09 Å². The van der Waals surface area contributed by atoms with Gasteiger partial charge in [0.25, 0.3) is 0 Å². The van der Waals surface area contributed by atoms with Gasteiger partial charge in [-0.05, 0) is 18.9 Å². The highest BCUT2D eigenvalue weighted by atomic mass is 16.6. The molecule has 0 saturated carbocycles. The van der Waals surface area contributed by atoms with E-state index in [0.717, 1.165) is 12.8 Å². The van der Waals surface area contributed by atoms with Gasteiger partial charge in [-0.3, -0.25) is 0 Å². The first-order valence-electron chi connectivity index (χ1n) is 3.38. The van der Waals surface area contributed by atoms with Crippen molar-refractivity contribution < 1.29 is 9.53 Å². The highest BCUT2D eigenvalue weighted by molar-refractivity contribution is 5.67. The van der Waals surface area contributed by atoms with E-state index < -0.39 is 0 Å². The zero-order chi connectivity index (χ0) is 7.40. The summed E-state index contributed by atoms with van der Waals surface area (Å²) in [6.07, 6.45) is 5.52. The molecule has 10 heavy (non-hydrogen) atoms. The van der Waals surface area contributed by atoms with Crippen molar-refractivity contribution in [2.24, 2.45) is 0 Å². The standard InChI is InChI=1S/C7H11NO2/c1-8-7(9)10-6-4-2-3-5-6/h2,4,6H,3,5H2,1H3,(H,8,9). The van der Waals surface area contributed by atoms with E-state index in [1.54, 1.807) is 7.05 Å². The smallest absolute Gasteiger partial charge is 0.407 e. The third-order valence-corrected chi connectivity index (χ3v) is 1.43. The number of alkyl carbamates (subject to hydrolysis) is 1. The zero-order valence-electron chi connectivity index (χ0n) is 5.96. The van der Waals surface area contributed by atoms with Gasteiger partial charge in [0, 0.05) is 7.05 Å². The van der Waals surface area contributed by atoms with Crippen molar-refractivity contribution in [2.75, 3.05) is 7.05 Å². The number of carbonyl (C=O) groups excluding carboxylic acids is 1. The van der Waals surface area contributed by atoms with Crippen LogP contribution in [0.15, 0.2) is 12.2 Å². The molecule has 1 unspecified atom stereocenters. The molecular formula is C7H11NO2. The van der Waals surface area contributed by atoms with E-state index in [9.17, 15) is 4.79 Å². The minimum absolute atomic E-state index is 0.0000463. The molecule has 0 aromatic carbocycles. The van der Waals surface area contributed by atoms with Gasteiger partial charge in [0.05, 0.1) is 0 Å². The van der Waals surface area contributed by atoms with Crippen molar-refractivity contribution in [3.63, 3.8) is 0 Å². The SMILES string of the molecule is CNC(=O)OC1C=CCC1. The van der Waals surface area contributed by atoms with E-state index in [1.165, 1.54) is 0 Å². The number of ether oxygens (including phenoxy) is 1. The molecule has 1 N–H and O–H groups in total. The van der Waals surface area contributed by atoms with Gasteiger partial charge >= 0.3 is 6.09 Å². The van der Waals surface area contributed by atoms with Crippen LogP contribution in [0, 0.1) is 0 Å². The molecule has 1 aliphatic rings. The Labute approximate surface area is 60.1 Å². The Bertz CT molecular complexity index is 154. The van der Waals surface area contributed by atoms with Crippen LogP contribution in [0.25, 0.3) is 0 Å². The number of allylic oxidation sites excluding steroid dienone is 1. The van der Waals surface area contributed by atoms with Gasteiger partial charge in [-0.1, -0.05) is 6.08 Å². The second-order valence-corrected chi connectivity index (χ2v) is 2.20. The summed E-state index contributed by atoms with van der Waals surface area (Å²) in [4.78, 5) is 10.6. The maximum absolute atomic E-state index is 10.6. The van der Waals surface area contributed by atoms with Crippen LogP contribution in [0.3, 0.4) is 0 Å². The number of hydrogen-bond acceptors (Lipinski definition) is 2. The van der Waals surface area contributed by atoms with Crippen LogP contribution in [0.5, 0.6) is 0 Å². The van der Waals surface area contributed by atoms with Crippen molar-refractivity contribution in [1.29, 1.82) is 0 Å². The van der Waals surface area contributed by atoms with Crippen LogP contribution in [0.2, 0.25) is 0 Å². The Balaban J connectivity index is 2.24. The Kier molecular flexibility index (Phi) is 2.31. The molecule has 3 heteroatoms. The molecule has 0 saturated heterocycles. The van der Waals surface area contributed by atoms with Crippen LogP contribution in [0.4, 0.5) is 4.79 Å². The molecule has 1 amide bonds. The van der Waals surface area contributed by atoms with Gasteiger partial charge in [0.1, 0.15) is 6.10 Å². The second kappa shape index (κ2) is 3.25. The molecule has 0 spiro atoms. The van der Waals surface area contributed by atoms with Crippen molar-refractivity contribution in [2.45, 2.75) is 18.9 Å². The highest BCUT2D eigenvalue weighted by Crippen LogP contribution is 2.12. The van der Waals surface area contributed by atoms with E-state index in [0.29, 0.717) is 0 Å². The Morgan fingerprint density at radius 3 is 3.10 bits per heavy atom. The summed E-state index contributed by atoms with van der Waals surface area (Å²) in [5.74, 6) is 0. The van der Waals surface area contributed by atoms with Gasteiger partial charge in [-0.2, -0.15) is 0 Å². The molecule has 0 heterocycles. The molecule has 0 bridgehead atoms. The molecule has 1 aliphatic carbocycles. The minimum Gasteiger partial charge on any atom is -0.442 e. The van der Waals surface area contributed by atoms with Crippen LogP contribution in [-0.4, -0.2) is 19.2 Å². The molecule has 56 valence electrons. The molecule has 0 aromatic heterocycles. The lowest BCUT2D eigenvalue weighted by Crippen LogP contribution is -2.23. The minimum atomic E-state index is -0.350. The van der Waals surface area contributed by atoms with Gasteiger partial charge in [-0.25, -0.2) is 4.79 Å². The fraction of sp³-hybridized carbons (Fsp3) is 0.571. The van der Waals surface area contributed by atoms with Crippen LogP contribution < -0.4 is 5.32 Å². The number of hydrogen-bond donors (Lipinski definition) is 1. The number of rotatable bonds is 1. The Morgan fingerprint density at radius 1 is 1.80 bits per heavy atom. The molecule has 0 radical (unpaired) electrons. The van der Waals surface area contributed by atoms with Crippen molar-refractivity contribution in [3.8, 4) is 0 Å². The third kappa shape index (κ3) is 1.76. The number of amides is 1. The summed E-state index contributed by atoms with van der Waals surface area (Å²) in [6.45, 7) is 0. The maximum atomic E-state index is 10.6. The van der Waals surface area contributed by atoms with Gasteiger partial charge in [0.2, 0.25) is 0 Å². The molecule has 0 aliphatic heterocycles. The summed E-state index contributed by atoms with van der Waals surface area (Å²) in [5, 5.41) is 2.40. The second-order valence-electron chi connectivity index (χ2n) is 2.20. The summed E-state index contributed by atoms with van der Waals surface area (Å²) >= 11 is 0. The first-order valence-corrected chi connectivity index (χ1v) is 3.38. The van der Waals surface area contributed by atoms with Gasteiger partial charge in [-0.15, -0.1) is 0 Å². The summed E-state index contributed by atoms with van der Waals surface area (Å²) in [7, 11) is 1.56. The maximum Gasteiger partial charge on any atom is 0.407 e. The normalized spacial score (nSPS) is 22.7. The lowest BCUT2D eigenvalue weighted by molar-refractivity contribution is 0.121. The fourth-order valence-corrected chi connectivity index (χ4v) is 0.899. The Hall–Kier alpha value is -0.990. The predicted molar refractivity (Wildman–Crippen MR) is 37.7 cm³/mol. The lowest BCUT2D eigenvalue weighted by atomic mass is 10.3. The third-order valence-electron chi connectivity index (χ3n) is 1.43. The first kappa shape index (κ1) is 7.12. The monoisotopic (exact) mass is 141 g/mol. The van der Waals surface area contributed by atoms with Crippen LogP contribution in [0.1, 0.15) is 12.8 Å². The van der Waals surface area contributed by atoms with E-state index in [-0.39, 0.29) is 12.2 Å².